The molecule has 0 radical (unpaired) electrons. The molecule has 0 aliphatic carbocycles. The Labute approximate surface area is 240 Å². The molecule has 2 atom stereocenters. The summed E-state index contributed by atoms with van der Waals surface area (Å²) in [6.45, 7) is 10.5. The van der Waals surface area contributed by atoms with Crippen LogP contribution in [0.2, 0.25) is 0 Å². The van der Waals surface area contributed by atoms with Crippen molar-refractivity contribution in [2.45, 2.75) is 51.2 Å². The van der Waals surface area contributed by atoms with Crippen LogP contribution in [0.1, 0.15) is 36.1 Å². The highest BCUT2D eigenvalue weighted by Gasteiger charge is 2.34. The molecule has 1 unspecified atom stereocenters. The first kappa shape index (κ1) is 27.0. The number of likely N-dealkylation sites (tertiary alicyclic amines) is 1. The number of aromatic nitrogens is 4. The third kappa shape index (κ3) is 5.20. The molecular formula is C30H37N9O2. The van der Waals surface area contributed by atoms with Crippen LogP contribution in [-0.2, 0) is 17.8 Å². The third-order valence-electron chi connectivity index (χ3n) is 8.78. The summed E-state index contributed by atoms with van der Waals surface area (Å²) >= 11 is 0. The Bertz CT molecular complexity index is 1500. The standard InChI is InChI=1S/C30H37N9O2/c1-4-27(40)39-15-14-38(17-21(39)9-11-31)29-23-10-13-37(28-20(2)7-8-25-24(28)16-32-35-25)18-26(23)33-30(34-29)41-19-22-6-5-12-36(22)3/h4,7-8,16,21-22H,1,5-6,9-10,12-15,17-19H2,2-3H3,(H,32,35)/t21?,22-/m0/s1. The van der Waals surface area contributed by atoms with Gasteiger partial charge in [-0.3, -0.25) is 9.89 Å². The van der Waals surface area contributed by atoms with E-state index in [0.717, 1.165) is 53.9 Å². The Kier molecular flexibility index (Phi) is 7.49. The minimum atomic E-state index is -0.234. The van der Waals surface area contributed by atoms with E-state index in [4.69, 9.17) is 14.7 Å². The number of piperazine rings is 1. The second kappa shape index (κ2) is 11.4. The molecule has 214 valence electrons. The highest BCUT2D eigenvalue weighted by Crippen LogP contribution is 2.36. The van der Waals surface area contributed by atoms with Gasteiger partial charge >= 0.3 is 6.01 Å². The number of hydrogen-bond donors (Lipinski definition) is 1. The number of anilines is 2. The number of rotatable bonds is 7. The van der Waals surface area contributed by atoms with Gasteiger partial charge in [0.15, 0.2) is 0 Å². The predicted octanol–water partition coefficient (Wildman–Crippen LogP) is 2.81. The summed E-state index contributed by atoms with van der Waals surface area (Å²) in [4.78, 5) is 31.1. The Balaban J connectivity index is 1.34. The van der Waals surface area contributed by atoms with Crippen LogP contribution in [0.25, 0.3) is 10.9 Å². The van der Waals surface area contributed by atoms with Crippen LogP contribution < -0.4 is 14.5 Å². The fourth-order valence-electron chi connectivity index (χ4n) is 6.53. The molecule has 6 rings (SSSR count). The minimum absolute atomic E-state index is 0.140. The third-order valence-corrected chi connectivity index (χ3v) is 8.78. The SMILES string of the molecule is C=CC(=O)N1CCN(c2nc(OC[C@@H]3CCCN3C)nc3c2CCN(c2c(C)ccc4[nH]ncc24)C3)CC1CC#N. The van der Waals surface area contributed by atoms with E-state index < -0.39 is 0 Å². The molecule has 2 fully saturated rings. The fourth-order valence-corrected chi connectivity index (χ4v) is 6.53. The van der Waals surface area contributed by atoms with E-state index in [0.29, 0.717) is 44.8 Å². The summed E-state index contributed by atoms with van der Waals surface area (Å²) in [7, 11) is 2.14. The zero-order chi connectivity index (χ0) is 28.5. The van der Waals surface area contributed by atoms with E-state index in [2.05, 4.69) is 63.6 Å². The van der Waals surface area contributed by atoms with E-state index in [1.807, 2.05) is 6.20 Å². The molecule has 0 bridgehead atoms. The quantitative estimate of drug-likeness (QED) is 0.439. The van der Waals surface area contributed by atoms with Gasteiger partial charge in [-0.15, -0.1) is 0 Å². The van der Waals surface area contributed by atoms with Crippen molar-refractivity contribution in [3.05, 3.63) is 47.8 Å². The Morgan fingerprint density at radius 2 is 2.10 bits per heavy atom. The lowest BCUT2D eigenvalue weighted by molar-refractivity contribution is -0.128. The van der Waals surface area contributed by atoms with Crippen molar-refractivity contribution in [2.24, 2.45) is 0 Å². The molecule has 41 heavy (non-hydrogen) atoms. The second-order valence-corrected chi connectivity index (χ2v) is 11.3. The van der Waals surface area contributed by atoms with Crippen LogP contribution in [0.5, 0.6) is 6.01 Å². The monoisotopic (exact) mass is 555 g/mol. The maximum atomic E-state index is 12.5. The maximum Gasteiger partial charge on any atom is 0.318 e. The number of fused-ring (bicyclic) bond motifs is 2. The van der Waals surface area contributed by atoms with Crippen LogP contribution in [-0.4, -0.2) is 94.3 Å². The van der Waals surface area contributed by atoms with Crippen LogP contribution >= 0.6 is 0 Å². The van der Waals surface area contributed by atoms with Crippen LogP contribution in [0, 0.1) is 18.3 Å². The van der Waals surface area contributed by atoms with Gasteiger partial charge < -0.3 is 24.3 Å². The lowest BCUT2D eigenvalue weighted by Gasteiger charge is -2.42. The van der Waals surface area contributed by atoms with Crippen molar-refractivity contribution >= 4 is 28.3 Å². The lowest BCUT2D eigenvalue weighted by Crippen LogP contribution is -2.55. The molecule has 0 saturated carbocycles. The zero-order valence-corrected chi connectivity index (χ0v) is 23.8. The number of ether oxygens (including phenoxy) is 1. The molecule has 1 N–H and O–H groups in total. The summed E-state index contributed by atoms with van der Waals surface area (Å²) in [6, 6.07) is 6.96. The number of likely N-dealkylation sites (N-methyl/N-ethyl adjacent to an activating group) is 1. The average Bonchev–Trinajstić information content (AvgIpc) is 3.63. The van der Waals surface area contributed by atoms with Gasteiger partial charge in [0.25, 0.3) is 0 Å². The van der Waals surface area contributed by atoms with E-state index >= 15 is 0 Å². The molecule has 3 aromatic rings. The molecule has 1 aromatic carbocycles. The number of carbonyl (C=O) groups excluding carboxylic acids is 1. The molecule has 0 spiro atoms. The number of hydrogen-bond acceptors (Lipinski definition) is 9. The molecule has 2 saturated heterocycles. The molecule has 5 heterocycles. The van der Waals surface area contributed by atoms with Crippen molar-refractivity contribution in [1.82, 2.24) is 30.0 Å². The number of nitrogens with zero attached hydrogens (tertiary/aromatic N) is 8. The number of nitrogens with one attached hydrogen (secondary N) is 1. The summed E-state index contributed by atoms with van der Waals surface area (Å²) < 4.78 is 6.28. The van der Waals surface area contributed by atoms with E-state index in [-0.39, 0.29) is 18.4 Å². The lowest BCUT2D eigenvalue weighted by atomic mass is 10.0. The van der Waals surface area contributed by atoms with Gasteiger partial charge in [-0.25, -0.2) is 0 Å². The Morgan fingerprint density at radius 3 is 2.88 bits per heavy atom. The number of nitriles is 1. The van der Waals surface area contributed by atoms with E-state index in [1.54, 1.807) is 4.90 Å². The molecule has 3 aliphatic heterocycles. The Morgan fingerprint density at radius 1 is 1.22 bits per heavy atom. The van der Waals surface area contributed by atoms with Gasteiger partial charge in [-0.05, 0) is 57.5 Å². The molecule has 3 aliphatic rings. The first-order valence-corrected chi connectivity index (χ1v) is 14.4. The average molecular weight is 556 g/mol. The highest BCUT2D eigenvalue weighted by molar-refractivity contribution is 5.93. The number of benzene rings is 1. The van der Waals surface area contributed by atoms with E-state index in [9.17, 15) is 10.1 Å². The summed E-state index contributed by atoms with van der Waals surface area (Å²) in [5.41, 5.74) is 5.45. The zero-order valence-electron chi connectivity index (χ0n) is 23.8. The maximum absolute atomic E-state index is 12.5. The van der Waals surface area contributed by atoms with Crippen LogP contribution in [0.4, 0.5) is 11.5 Å². The van der Waals surface area contributed by atoms with Gasteiger partial charge in [0.2, 0.25) is 5.91 Å². The molecule has 1 amide bonds. The van der Waals surface area contributed by atoms with Gasteiger partial charge in [0.05, 0.1) is 48.2 Å². The fraction of sp³-hybridized carbons (Fsp3) is 0.500. The largest absolute Gasteiger partial charge is 0.462 e. The number of aryl methyl sites for hydroxylation is 1. The second-order valence-electron chi connectivity index (χ2n) is 11.3. The normalized spacial score (nSPS) is 21.1. The summed E-state index contributed by atoms with van der Waals surface area (Å²) in [5.74, 6) is 0.718. The molecule has 2 aromatic heterocycles. The summed E-state index contributed by atoms with van der Waals surface area (Å²) in [6.07, 6.45) is 6.52. The predicted molar refractivity (Wildman–Crippen MR) is 157 cm³/mol. The van der Waals surface area contributed by atoms with Crippen molar-refractivity contribution in [1.29, 1.82) is 5.26 Å². The molecular weight excluding hydrogens is 518 g/mol. The highest BCUT2D eigenvalue weighted by atomic mass is 16.5. The van der Waals surface area contributed by atoms with Crippen molar-refractivity contribution in [2.75, 3.05) is 56.2 Å². The first-order valence-electron chi connectivity index (χ1n) is 14.4. The van der Waals surface area contributed by atoms with Gasteiger partial charge in [-0.2, -0.15) is 20.3 Å². The number of aromatic amines is 1. The van der Waals surface area contributed by atoms with Crippen molar-refractivity contribution < 1.29 is 9.53 Å². The Hall–Kier alpha value is -4.17. The summed E-state index contributed by atoms with van der Waals surface area (Å²) in [5, 5.41) is 18.0. The van der Waals surface area contributed by atoms with E-state index in [1.165, 1.54) is 23.7 Å². The number of carbonyl (C=O) groups is 1. The molecule has 11 nitrogen and oxygen atoms in total. The van der Waals surface area contributed by atoms with Crippen LogP contribution in [0.3, 0.4) is 0 Å². The number of amides is 1. The van der Waals surface area contributed by atoms with Crippen molar-refractivity contribution in [3.8, 4) is 12.1 Å². The van der Waals surface area contributed by atoms with Gasteiger partial charge in [-0.1, -0.05) is 12.6 Å². The van der Waals surface area contributed by atoms with Crippen LogP contribution in [0.15, 0.2) is 31.0 Å². The molecule has 11 heteroatoms. The topological polar surface area (TPSA) is 118 Å². The smallest absolute Gasteiger partial charge is 0.318 e. The first-order chi connectivity index (χ1) is 20.0. The van der Waals surface area contributed by atoms with Crippen molar-refractivity contribution in [3.63, 3.8) is 0 Å². The van der Waals surface area contributed by atoms with Gasteiger partial charge in [0, 0.05) is 43.2 Å². The van der Waals surface area contributed by atoms with Gasteiger partial charge in [0.1, 0.15) is 12.4 Å². The number of H-pyrrole nitrogens is 1. The minimum Gasteiger partial charge on any atom is -0.462 e.